The maximum atomic E-state index is 14.4. The van der Waals surface area contributed by atoms with Gasteiger partial charge in [0.05, 0.1) is 27.8 Å². The lowest BCUT2D eigenvalue weighted by molar-refractivity contribution is -0.385. The average molecular weight is 550 g/mol. The van der Waals surface area contributed by atoms with Crippen molar-refractivity contribution in [2.45, 2.75) is 45.8 Å². The predicted molar refractivity (Wildman–Crippen MR) is 130 cm³/mol. The van der Waals surface area contributed by atoms with E-state index in [1.54, 1.807) is 11.0 Å². The first-order valence-corrected chi connectivity index (χ1v) is 11.5. The van der Waals surface area contributed by atoms with Crippen LogP contribution in [0.25, 0.3) is 11.3 Å². The molecular formula is C23H25BrFN5O5. The third kappa shape index (κ3) is 5.30. The second-order valence-electron chi connectivity index (χ2n) is 9.20. The highest BCUT2D eigenvalue weighted by Crippen LogP contribution is 2.48. The average Bonchev–Trinajstić information content (AvgIpc) is 2.77. The lowest BCUT2D eigenvalue weighted by Crippen LogP contribution is -2.52. The Morgan fingerprint density at radius 1 is 1.43 bits per heavy atom. The first kappa shape index (κ1) is 26.2. The number of ether oxygens (including phenoxy) is 2. The minimum atomic E-state index is -0.879. The quantitative estimate of drug-likeness (QED) is 0.408. The number of methoxy groups -OCH3 is 1. The van der Waals surface area contributed by atoms with E-state index in [0.717, 1.165) is 6.07 Å². The van der Waals surface area contributed by atoms with Gasteiger partial charge in [-0.3, -0.25) is 10.1 Å². The van der Waals surface area contributed by atoms with Crippen molar-refractivity contribution in [3.63, 3.8) is 0 Å². The van der Waals surface area contributed by atoms with Crippen LogP contribution in [0.4, 0.5) is 20.7 Å². The van der Waals surface area contributed by atoms with Gasteiger partial charge < -0.3 is 20.1 Å². The van der Waals surface area contributed by atoms with Gasteiger partial charge in [0, 0.05) is 31.0 Å². The highest BCUT2D eigenvalue weighted by atomic mass is 79.9. The molecular weight excluding hydrogens is 525 g/mol. The third-order valence-electron chi connectivity index (χ3n) is 5.91. The van der Waals surface area contributed by atoms with Crippen LogP contribution in [-0.4, -0.2) is 41.8 Å². The Kier molecular flexibility index (Phi) is 7.50. The fourth-order valence-corrected chi connectivity index (χ4v) is 4.96. The molecule has 2 atom stereocenters. The minimum Gasteiger partial charge on any atom is -0.489 e. The molecule has 1 saturated heterocycles. The van der Waals surface area contributed by atoms with Gasteiger partial charge in [-0.2, -0.15) is 5.26 Å². The van der Waals surface area contributed by atoms with E-state index in [-0.39, 0.29) is 39.0 Å². The second-order valence-corrected chi connectivity index (χ2v) is 9.99. The van der Waals surface area contributed by atoms with Crippen molar-refractivity contribution in [3.8, 4) is 23.1 Å². The number of anilines is 1. The van der Waals surface area contributed by atoms with Crippen LogP contribution in [0.15, 0.2) is 22.7 Å². The summed E-state index contributed by atoms with van der Waals surface area (Å²) in [4.78, 5) is 29.4. The number of rotatable bonds is 5. The molecule has 0 aliphatic carbocycles. The molecule has 2 N–H and O–H groups in total. The van der Waals surface area contributed by atoms with E-state index in [1.165, 1.54) is 19.2 Å². The lowest BCUT2D eigenvalue weighted by atomic mass is 9.79. The van der Waals surface area contributed by atoms with E-state index in [2.05, 4.69) is 20.9 Å². The van der Waals surface area contributed by atoms with Gasteiger partial charge in [0.15, 0.2) is 0 Å². The van der Waals surface area contributed by atoms with Crippen molar-refractivity contribution in [2.75, 3.05) is 18.6 Å². The summed E-state index contributed by atoms with van der Waals surface area (Å²) in [5.74, 6) is -0.759. The summed E-state index contributed by atoms with van der Waals surface area (Å²) in [6.07, 6.45) is -0.565. The van der Waals surface area contributed by atoms with Crippen LogP contribution >= 0.6 is 15.9 Å². The molecule has 12 heteroatoms. The number of piperidine rings is 1. The summed E-state index contributed by atoms with van der Waals surface area (Å²) in [7, 11) is 1.30. The van der Waals surface area contributed by atoms with Crippen LogP contribution in [0, 0.1) is 32.7 Å². The number of carbonyl (C=O) groups is 1. The Morgan fingerprint density at radius 2 is 2.11 bits per heavy atom. The van der Waals surface area contributed by atoms with E-state index >= 15 is 0 Å². The normalized spacial score (nSPS) is 18.0. The molecule has 0 spiro atoms. The van der Waals surface area contributed by atoms with Crippen LogP contribution in [0.5, 0.6) is 5.75 Å². The number of nitro groups is 1. The fraction of sp³-hybridized carbons (Fsp3) is 0.435. The van der Waals surface area contributed by atoms with Crippen LogP contribution < -0.4 is 15.4 Å². The SMILES string of the molecule is COc1c(Br)c(-c2ccc(C#N)c(F)c2)nc(N2CCC(OC(N)=O)CC2C(C)(C)C)c1[N+](=O)[O-]. The number of amides is 1. The zero-order chi connectivity index (χ0) is 26.1. The number of nitriles is 1. The minimum absolute atomic E-state index is 0.0484. The fourth-order valence-electron chi connectivity index (χ4n) is 4.30. The Morgan fingerprint density at radius 3 is 2.63 bits per heavy atom. The molecule has 0 radical (unpaired) electrons. The number of hydrogen-bond donors (Lipinski definition) is 1. The summed E-state index contributed by atoms with van der Waals surface area (Å²) >= 11 is 3.34. The van der Waals surface area contributed by atoms with E-state index in [4.69, 9.17) is 20.5 Å². The number of nitrogens with two attached hydrogens (primary N) is 1. The Bertz CT molecular complexity index is 1210. The van der Waals surface area contributed by atoms with E-state index in [1.807, 2.05) is 20.8 Å². The molecule has 1 aromatic carbocycles. The molecule has 3 rings (SSSR count). The van der Waals surface area contributed by atoms with Gasteiger partial charge >= 0.3 is 11.8 Å². The van der Waals surface area contributed by atoms with Gasteiger partial charge in [-0.1, -0.05) is 26.8 Å². The first-order valence-electron chi connectivity index (χ1n) is 10.7. The van der Waals surface area contributed by atoms with Gasteiger partial charge in [0.25, 0.3) is 0 Å². The molecule has 2 unspecified atom stereocenters. The summed E-state index contributed by atoms with van der Waals surface area (Å²) in [5.41, 5.74) is 4.86. The van der Waals surface area contributed by atoms with E-state index in [0.29, 0.717) is 24.9 Å². The monoisotopic (exact) mass is 549 g/mol. The maximum absolute atomic E-state index is 14.4. The van der Waals surface area contributed by atoms with Crippen molar-refractivity contribution in [1.82, 2.24) is 4.98 Å². The molecule has 1 aliphatic rings. The number of carbonyl (C=O) groups excluding carboxylic acids is 1. The third-order valence-corrected chi connectivity index (χ3v) is 6.65. The highest BCUT2D eigenvalue weighted by molar-refractivity contribution is 9.10. The van der Waals surface area contributed by atoms with Gasteiger partial charge in [0.2, 0.25) is 11.6 Å². The van der Waals surface area contributed by atoms with Crippen LogP contribution in [0.3, 0.4) is 0 Å². The van der Waals surface area contributed by atoms with Crippen LogP contribution in [-0.2, 0) is 4.74 Å². The largest absolute Gasteiger partial charge is 0.489 e. The van der Waals surface area contributed by atoms with Crippen LogP contribution in [0.2, 0.25) is 0 Å². The van der Waals surface area contributed by atoms with Gasteiger partial charge in [-0.25, -0.2) is 14.2 Å². The smallest absolute Gasteiger partial charge is 0.404 e. The summed E-state index contributed by atoms with van der Waals surface area (Å²) in [5, 5.41) is 21.3. The van der Waals surface area contributed by atoms with Crippen molar-refractivity contribution in [2.24, 2.45) is 11.1 Å². The Labute approximate surface area is 210 Å². The van der Waals surface area contributed by atoms with Crippen LogP contribution in [0.1, 0.15) is 39.2 Å². The predicted octanol–water partition coefficient (Wildman–Crippen LogP) is 4.92. The van der Waals surface area contributed by atoms with E-state index < -0.39 is 28.4 Å². The van der Waals surface area contributed by atoms with Gasteiger partial charge in [-0.15, -0.1) is 0 Å². The molecule has 186 valence electrons. The van der Waals surface area contributed by atoms with Gasteiger partial charge in [-0.05, 0) is 33.5 Å². The van der Waals surface area contributed by atoms with Crippen molar-refractivity contribution in [3.05, 3.63) is 44.2 Å². The zero-order valence-corrected chi connectivity index (χ0v) is 21.3. The molecule has 35 heavy (non-hydrogen) atoms. The Hall–Kier alpha value is -3.46. The van der Waals surface area contributed by atoms with E-state index in [9.17, 15) is 19.3 Å². The summed E-state index contributed by atoms with van der Waals surface area (Å²) < 4.78 is 25.2. The number of aromatic nitrogens is 1. The Balaban J connectivity index is 2.24. The molecule has 1 aromatic heterocycles. The number of benzene rings is 1. The molecule has 0 bridgehead atoms. The highest BCUT2D eigenvalue weighted by Gasteiger charge is 2.42. The molecule has 1 fully saturated rings. The molecule has 1 amide bonds. The maximum Gasteiger partial charge on any atom is 0.404 e. The number of pyridine rings is 1. The number of hydrogen-bond acceptors (Lipinski definition) is 8. The topological polar surface area (TPSA) is 145 Å². The molecule has 0 saturated carbocycles. The molecule has 2 heterocycles. The zero-order valence-electron chi connectivity index (χ0n) is 19.7. The number of primary amides is 1. The van der Waals surface area contributed by atoms with Crippen molar-refractivity contribution < 1.29 is 23.6 Å². The molecule has 10 nitrogen and oxygen atoms in total. The van der Waals surface area contributed by atoms with Crippen molar-refractivity contribution >= 4 is 33.5 Å². The summed E-state index contributed by atoms with van der Waals surface area (Å²) in [6, 6.07) is 5.42. The summed E-state index contributed by atoms with van der Waals surface area (Å²) in [6.45, 7) is 6.20. The standard InChI is InChI=1S/C23H25BrFN5O5/c1-23(2,3)16-10-14(35-22(27)31)7-8-29(16)21-19(30(32)33)20(34-4)17(24)18(28-21)12-5-6-13(11-26)15(25)9-12/h5-6,9,14,16H,7-8,10H2,1-4H3,(H2,27,31). The first-order chi connectivity index (χ1) is 16.4. The van der Waals surface area contributed by atoms with Crippen molar-refractivity contribution in [1.29, 1.82) is 5.26 Å². The second kappa shape index (κ2) is 10.0. The van der Waals surface area contributed by atoms with Gasteiger partial charge in [0.1, 0.15) is 18.0 Å². The lowest BCUT2D eigenvalue weighted by Gasteiger charge is -2.46. The number of nitrogens with zero attached hydrogens (tertiary/aromatic N) is 4. The molecule has 1 aliphatic heterocycles. The molecule has 2 aromatic rings. The number of halogens is 2.